The van der Waals surface area contributed by atoms with Crippen molar-refractivity contribution in [2.45, 2.75) is 26.7 Å². The summed E-state index contributed by atoms with van der Waals surface area (Å²) in [7, 11) is 0. The molecule has 0 saturated carbocycles. The predicted molar refractivity (Wildman–Crippen MR) is 59.9 cm³/mol. The zero-order chi connectivity index (χ0) is 11.0. The third-order valence-corrected chi connectivity index (χ3v) is 2.61. The molecule has 1 atom stereocenters. The van der Waals surface area contributed by atoms with Gasteiger partial charge in [-0.1, -0.05) is 6.92 Å². The van der Waals surface area contributed by atoms with E-state index in [2.05, 4.69) is 17.0 Å². The van der Waals surface area contributed by atoms with Gasteiger partial charge in [-0.15, -0.1) is 0 Å². The van der Waals surface area contributed by atoms with Crippen molar-refractivity contribution in [2.75, 3.05) is 6.54 Å². The molecule has 80 valence electrons. The van der Waals surface area contributed by atoms with Gasteiger partial charge in [-0.2, -0.15) is 5.10 Å². The van der Waals surface area contributed by atoms with E-state index in [9.17, 15) is 0 Å². The van der Waals surface area contributed by atoms with Crippen LogP contribution in [-0.2, 0) is 0 Å². The van der Waals surface area contributed by atoms with Crippen molar-refractivity contribution in [1.82, 2.24) is 14.6 Å². The van der Waals surface area contributed by atoms with Gasteiger partial charge >= 0.3 is 0 Å². The molecule has 4 heteroatoms. The molecule has 0 aliphatic rings. The summed E-state index contributed by atoms with van der Waals surface area (Å²) in [5.41, 5.74) is 9.67. The highest BCUT2D eigenvalue weighted by molar-refractivity contribution is 5.42. The van der Waals surface area contributed by atoms with Crippen LogP contribution in [0.15, 0.2) is 12.1 Å². The maximum absolute atomic E-state index is 5.62. The highest BCUT2D eigenvalue weighted by atomic mass is 15.3. The van der Waals surface area contributed by atoms with Crippen molar-refractivity contribution in [1.29, 1.82) is 0 Å². The van der Waals surface area contributed by atoms with E-state index in [1.807, 2.05) is 30.5 Å². The number of hydrogen-bond acceptors (Lipinski definition) is 3. The minimum atomic E-state index is 0.284. The van der Waals surface area contributed by atoms with E-state index >= 15 is 0 Å². The Hall–Kier alpha value is -1.42. The van der Waals surface area contributed by atoms with Crippen LogP contribution in [0.1, 0.15) is 29.9 Å². The van der Waals surface area contributed by atoms with Gasteiger partial charge in [0.15, 0.2) is 5.65 Å². The summed E-state index contributed by atoms with van der Waals surface area (Å²) < 4.78 is 1.87. The fraction of sp³-hybridized carbons (Fsp3) is 0.455. The van der Waals surface area contributed by atoms with Crippen LogP contribution in [0.3, 0.4) is 0 Å². The standard InChI is InChI=1S/C11H16N4/c1-7(6-12)10-5-11-13-8(2)4-9(3)15(11)14-10/h4-5,7H,6,12H2,1-3H3. The van der Waals surface area contributed by atoms with Crippen molar-refractivity contribution < 1.29 is 0 Å². The van der Waals surface area contributed by atoms with Gasteiger partial charge in [0, 0.05) is 29.9 Å². The first-order valence-corrected chi connectivity index (χ1v) is 5.16. The molecular formula is C11H16N4. The first-order valence-electron chi connectivity index (χ1n) is 5.16. The van der Waals surface area contributed by atoms with Crippen LogP contribution in [0.4, 0.5) is 0 Å². The normalized spacial score (nSPS) is 13.3. The number of hydrogen-bond donors (Lipinski definition) is 1. The molecule has 0 aromatic carbocycles. The van der Waals surface area contributed by atoms with Crippen LogP contribution in [0.2, 0.25) is 0 Å². The van der Waals surface area contributed by atoms with Gasteiger partial charge < -0.3 is 5.73 Å². The maximum atomic E-state index is 5.62. The SMILES string of the molecule is Cc1cc(C)n2nc(C(C)CN)cc2n1. The lowest BCUT2D eigenvalue weighted by Gasteiger charge is -2.02. The van der Waals surface area contributed by atoms with Crippen molar-refractivity contribution in [3.8, 4) is 0 Å². The van der Waals surface area contributed by atoms with Crippen molar-refractivity contribution in [3.05, 3.63) is 29.2 Å². The number of fused-ring (bicyclic) bond motifs is 1. The minimum Gasteiger partial charge on any atom is -0.330 e. The van der Waals surface area contributed by atoms with Crippen LogP contribution in [0.25, 0.3) is 5.65 Å². The highest BCUT2D eigenvalue weighted by Gasteiger charge is 2.10. The molecule has 0 fully saturated rings. The molecule has 2 N–H and O–H groups in total. The molecule has 0 aliphatic heterocycles. The van der Waals surface area contributed by atoms with E-state index in [0.717, 1.165) is 22.7 Å². The van der Waals surface area contributed by atoms with Crippen molar-refractivity contribution in [3.63, 3.8) is 0 Å². The highest BCUT2D eigenvalue weighted by Crippen LogP contribution is 2.15. The van der Waals surface area contributed by atoms with Crippen molar-refractivity contribution >= 4 is 5.65 Å². The molecule has 0 amide bonds. The second-order valence-corrected chi connectivity index (χ2v) is 4.01. The molecule has 1 unspecified atom stereocenters. The molecule has 15 heavy (non-hydrogen) atoms. The van der Waals surface area contributed by atoms with Crippen molar-refractivity contribution in [2.24, 2.45) is 5.73 Å². The van der Waals surface area contributed by atoms with Gasteiger partial charge in [0.05, 0.1) is 5.69 Å². The van der Waals surface area contributed by atoms with E-state index in [4.69, 9.17) is 5.73 Å². The smallest absolute Gasteiger partial charge is 0.155 e. The molecule has 0 aliphatic carbocycles. The summed E-state index contributed by atoms with van der Waals surface area (Å²) >= 11 is 0. The topological polar surface area (TPSA) is 56.2 Å². The fourth-order valence-electron chi connectivity index (χ4n) is 1.67. The first kappa shape index (κ1) is 10.1. The van der Waals surface area contributed by atoms with Gasteiger partial charge in [0.2, 0.25) is 0 Å². The zero-order valence-electron chi connectivity index (χ0n) is 9.36. The van der Waals surface area contributed by atoms with Gasteiger partial charge in [-0.25, -0.2) is 9.50 Å². The quantitative estimate of drug-likeness (QED) is 0.804. The van der Waals surface area contributed by atoms with Crippen LogP contribution < -0.4 is 5.73 Å². The fourth-order valence-corrected chi connectivity index (χ4v) is 1.67. The van der Waals surface area contributed by atoms with Gasteiger partial charge in [0.25, 0.3) is 0 Å². The Morgan fingerprint density at radius 2 is 2.13 bits per heavy atom. The number of nitrogens with two attached hydrogens (primary N) is 1. The van der Waals surface area contributed by atoms with E-state index in [1.165, 1.54) is 0 Å². The van der Waals surface area contributed by atoms with E-state index in [1.54, 1.807) is 0 Å². The lowest BCUT2D eigenvalue weighted by Crippen LogP contribution is -2.09. The molecule has 0 spiro atoms. The van der Waals surface area contributed by atoms with Gasteiger partial charge in [-0.3, -0.25) is 0 Å². The summed E-state index contributed by atoms with van der Waals surface area (Å²) in [6.45, 7) is 6.71. The number of rotatable bonds is 2. The Balaban J connectivity index is 2.60. The second-order valence-electron chi connectivity index (χ2n) is 4.01. The monoisotopic (exact) mass is 204 g/mol. The molecule has 0 saturated heterocycles. The molecule has 0 radical (unpaired) electrons. The van der Waals surface area contributed by atoms with Crippen LogP contribution in [0, 0.1) is 13.8 Å². The lowest BCUT2D eigenvalue weighted by molar-refractivity contribution is 0.722. The molecule has 2 heterocycles. The Labute approximate surface area is 89.1 Å². The Morgan fingerprint density at radius 1 is 1.40 bits per heavy atom. The second kappa shape index (κ2) is 3.62. The van der Waals surface area contributed by atoms with Gasteiger partial charge in [-0.05, 0) is 19.9 Å². The average Bonchev–Trinajstić information content (AvgIpc) is 2.60. The Morgan fingerprint density at radius 3 is 2.80 bits per heavy atom. The predicted octanol–water partition coefficient (Wildman–Crippen LogP) is 1.41. The summed E-state index contributed by atoms with van der Waals surface area (Å²) in [6, 6.07) is 4.04. The van der Waals surface area contributed by atoms with Crippen LogP contribution in [-0.4, -0.2) is 21.1 Å². The largest absolute Gasteiger partial charge is 0.330 e. The van der Waals surface area contributed by atoms with E-state index in [0.29, 0.717) is 6.54 Å². The average molecular weight is 204 g/mol. The molecule has 4 nitrogen and oxygen atoms in total. The minimum absolute atomic E-state index is 0.284. The Bertz CT molecular complexity index is 487. The molecule has 0 bridgehead atoms. The van der Waals surface area contributed by atoms with Crippen LogP contribution in [0.5, 0.6) is 0 Å². The van der Waals surface area contributed by atoms with Gasteiger partial charge in [0.1, 0.15) is 0 Å². The third kappa shape index (κ3) is 1.72. The number of aromatic nitrogens is 3. The summed E-state index contributed by atoms with van der Waals surface area (Å²) in [6.07, 6.45) is 0. The number of aryl methyl sites for hydroxylation is 2. The maximum Gasteiger partial charge on any atom is 0.155 e. The molecular weight excluding hydrogens is 188 g/mol. The zero-order valence-corrected chi connectivity index (χ0v) is 9.36. The Kier molecular flexibility index (Phi) is 2.44. The summed E-state index contributed by atoms with van der Waals surface area (Å²) in [5, 5.41) is 4.50. The summed E-state index contributed by atoms with van der Waals surface area (Å²) in [4.78, 5) is 4.43. The number of nitrogens with zero attached hydrogens (tertiary/aromatic N) is 3. The lowest BCUT2D eigenvalue weighted by atomic mass is 10.1. The van der Waals surface area contributed by atoms with Crippen LogP contribution >= 0.6 is 0 Å². The third-order valence-electron chi connectivity index (χ3n) is 2.61. The molecule has 2 aromatic rings. The summed E-state index contributed by atoms with van der Waals surface area (Å²) in [5.74, 6) is 0.284. The first-order chi connectivity index (χ1) is 7.11. The van der Waals surface area contributed by atoms with E-state index in [-0.39, 0.29) is 5.92 Å². The van der Waals surface area contributed by atoms with E-state index < -0.39 is 0 Å². The molecule has 2 aromatic heterocycles. The molecule has 2 rings (SSSR count).